The number of hydrogen-bond donors (Lipinski definition) is 2. The number of aliphatic imine (C=N–C) groups is 1. The molecule has 5 rings (SSSR count). The monoisotopic (exact) mass is 462 g/mol. The third-order valence-electron chi connectivity index (χ3n) is 6.19. The van der Waals surface area contributed by atoms with Gasteiger partial charge in [0.15, 0.2) is 22.8 Å². The Labute approximate surface area is 198 Å². The lowest BCUT2D eigenvalue weighted by atomic mass is 10.1. The molecule has 178 valence electrons. The number of rotatable bonds is 6. The average Bonchev–Trinajstić information content (AvgIpc) is 3.23. The molecular formula is C24H30N8O2. The van der Waals surface area contributed by atoms with Crippen LogP contribution in [0.3, 0.4) is 0 Å². The van der Waals surface area contributed by atoms with Crippen LogP contribution in [0.5, 0.6) is 0 Å². The number of nitrogens with two attached hydrogens (primary N) is 1. The van der Waals surface area contributed by atoms with E-state index in [1.54, 1.807) is 19.3 Å². The second-order valence-corrected chi connectivity index (χ2v) is 8.47. The maximum Gasteiger partial charge on any atom is 0.208 e. The highest BCUT2D eigenvalue weighted by molar-refractivity contribution is 5.89. The van der Waals surface area contributed by atoms with Gasteiger partial charge in [0.1, 0.15) is 0 Å². The summed E-state index contributed by atoms with van der Waals surface area (Å²) in [6.45, 7) is 6.73. The highest BCUT2D eigenvalue weighted by atomic mass is 16.5. The lowest BCUT2D eigenvalue weighted by Crippen LogP contribution is -2.51. The van der Waals surface area contributed by atoms with Crippen molar-refractivity contribution in [3.8, 4) is 11.4 Å². The van der Waals surface area contributed by atoms with Crippen LogP contribution in [-0.2, 0) is 11.3 Å². The van der Waals surface area contributed by atoms with Crippen LogP contribution in [-0.4, -0.2) is 83.4 Å². The number of nitrogens with zero attached hydrogens (tertiary/aromatic N) is 7. The van der Waals surface area contributed by atoms with E-state index in [-0.39, 0.29) is 6.10 Å². The molecule has 0 spiro atoms. The molecule has 0 radical (unpaired) electrons. The minimum absolute atomic E-state index is 0.315. The SMILES string of the molecule is CCn1c(N2CC(O)C2)nc2c(N3CCOCC3)nc(-c3cccc(/C(N)=C/C=NC)c3)nc21. The van der Waals surface area contributed by atoms with E-state index in [1.165, 1.54) is 0 Å². The predicted molar refractivity (Wildman–Crippen MR) is 134 cm³/mol. The molecular weight excluding hydrogens is 432 g/mol. The molecule has 34 heavy (non-hydrogen) atoms. The number of fused-ring (bicyclic) bond motifs is 1. The van der Waals surface area contributed by atoms with Crippen LogP contribution >= 0.6 is 0 Å². The molecule has 10 nitrogen and oxygen atoms in total. The summed E-state index contributed by atoms with van der Waals surface area (Å²) in [5.74, 6) is 2.26. The summed E-state index contributed by atoms with van der Waals surface area (Å²) in [6, 6.07) is 7.91. The zero-order valence-electron chi connectivity index (χ0n) is 19.6. The van der Waals surface area contributed by atoms with Crippen molar-refractivity contribution in [1.29, 1.82) is 0 Å². The number of allylic oxidation sites excluding steroid dienone is 1. The number of aliphatic hydroxyl groups excluding tert-OH is 1. The first kappa shape index (κ1) is 22.3. The fourth-order valence-electron chi connectivity index (χ4n) is 4.34. The van der Waals surface area contributed by atoms with Gasteiger partial charge in [0.05, 0.1) is 19.3 Å². The van der Waals surface area contributed by atoms with Gasteiger partial charge in [-0.15, -0.1) is 0 Å². The molecule has 3 N–H and O–H groups in total. The molecule has 0 saturated carbocycles. The van der Waals surface area contributed by atoms with Gasteiger partial charge in [-0.3, -0.25) is 9.56 Å². The van der Waals surface area contributed by atoms with Crippen molar-refractivity contribution in [3.05, 3.63) is 35.9 Å². The Hall–Kier alpha value is -3.50. The van der Waals surface area contributed by atoms with Crippen molar-refractivity contribution in [2.75, 3.05) is 56.2 Å². The number of imidazole rings is 1. The first-order valence-electron chi connectivity index (χ1n) is 11.6. The first-order valence-corrected chi connectivity index (χ1v) is 11.6. The maximum atomic E-state index is 9.84. The van der Waals surface area contributed by atoms with Crippen LogP contribution in [0, 0.1) is 0 Å². The number of aliphatic hydroxyl groups is 1. The Balaban J connectivity index is 1.65. The van der Waals surface area contributed by atoms with Crippen LogP contribution in [0.25, 0.3) is 28.2 Å². The number of anilines is 2. The molecule has 0 atom stereocenters. The van der Waals surface area contributed by atoms with E-state index in [4.69, 9.17) is 25.4 Å². The van der Waals surface area contributed by atoms with Gasteiger partial charge in [-0.25, -0.2) is 15.0 Å². The zero-order chi connectivity index (χ0) is 23.7. The number of β-amino-alcohol motifs (C(OH)–C–C–N with tert-alkyl or cyclic N) is 1. The molecule has 0 unspecified atom stereocenters. The lowest BCUT2D eigenvalue weighted by Gasteiger charge is -2.36. The molecule has 2 aliphatic heterocycles. The number of morpholine rings is 1. The van der Waals surface area contributed by atoms with Crippen LogP contribution in [0.2, 0.25) is 0 Å². The van der Waals surface area contributed by atoms with Crippen LogP contribution in [0.4, 0.5) is 11.8 Å². The van der Waals surface area contributed by atoms with E-state index in [0.29, 0.717) is 44.4 Å². The Morgan fingerprint density at radius 1 is 1.21 bits per heavy atom. The van der Waals surface area contributed by atoms with Crippen molar-refractivity contribution in [1.82, 2.24) is 19.5 Å². The highest BCUT2D eigenvalue weighted by Crippen LogP contribution is 2.33. The lowest BCUT2D eigenvalue weighted by molar-refractivity contribution is 0.122. The van der Waals surface area contributed by atoms with Crippen molar-refractivity contribution < 1.29 is 9.84 Å². The van der Waals surface area contributed by atoms with Gasteiger partial charge in [0.25, 0.3) is 0 Å². The second kappa shape index (κ2) is 9.40. The van der Waals surface area contributed by atoms with Crippen LogP contribution < -0.4 is 15.5 Å². The molecule has 1 aromatic carbocycles. The summed E-state index contributed by atoms with van der Waals surface area (Å²) in [4.78, 5) is 23.2. The van der Waals surface area contributed by atoms with E-state index in [9.17, 15) is 5.11 Å². The summed E-state index contributed by atoms with van der Waals surface area (Å²) < 4.78 is 7.67. The first-order chi connectivity index (χ1) is 16.6. The largest absolute Gasteiger partial charge is 0.398 e. The molecule has 2 aromatic heterocycles. The minimum Gasteiger partial charge on any atom is -0.398 e. The van der Waals surface area contributed by atoms with Crippen LogP contribution in [0.1, 0.15) is 12.5 Å². The van der Waals surface area contributed by atoms with Gasteiger partial charge in [-0.1, -0.05) is 18.2 Å². The fraction of sp³-hybridized carbons (Fsp3) is 0.417. The Kier molecular flexibility index (Phi) is 6.16. The molecule has 3 aromatic rings. The quantitative estimate of drug-likeness (QED) is 0.530. The average molecular weight is 463 g/mol. The van der Waals surface area contributed by atoms with Gasteiger partial charge >= 0.3 is 0 Å². The number of hydrogen-bond acceptors (Lipinski definition) is 9. The topological polar surface area (TPSA) is 118 Å². The highest BCUT2D eigenvalue weighted by Gasteiger charge is 2.31. The molecule has 2 saturated heterocycles. The van der Waals surface area contributed by atoms with Crippen molar-refractivity contribution in [3.63, 3.8) is 0 Å². The molecule has 2 aliphatic rings. The standard InChI is InChI=1S/C24H30N8O2/c1-3-32-23-20(27-24(32)31-14-18(33)15-31)22(30-9-11-34-12-10-30)28-21(29-23)17-6-4-5-16(13-17)19(25)7-8-26-2/h4-8,13,18,33H,3,9-12,14-15,25H2,1-2H3/b19-7-,26-8?. The molecule has 0 amide bonds. The smallest absolute Gasteiger partial charge is 0.208 e. The van der Waals surface area contributed by atoms with E-state index < -0.39 is 0 Å². The Bertz CT molecular complexity index is 1240. The second-order valence-electron chi connectivity index (χ2n) is 8.47. The number of aryl methyl sites for hydroxylation is 1. The van der Waals surface area contributed by atoms with E-state index >= 15 is 0 Å². The summed E-state index contributed by atoms with van der Waals surface area (Å²) >= 11 is 0. The van der Waals surface area contributed by atoms with Gasteiger partial charge in [-0.05, 0) is 24.6 Å². The summed E-state index contributed by atoms with van der Waals surface area (Å²) in [6.07, 6.45) is 3.14. The third-order valence-corrected chi connectivity index (χ3v) is 6.19. The molecule has 2 fully saturated rings. The molecule has 4 heterocycles. The number of benzene rings is 1. The zero-order valence-corrected chi connectivity index (χ0v) is 19.6. The van der Waals surface area contributed by atoms with Gasteiger partial charge in [0, 0.05) is 57.2 Å². The number of aromatic nitrogens is 4. The molecule has 0 bridgehead atoms. The van der Waals surface area contributed by atoms with Crippen molar-refractivity contribution >= 4 is 34.8 Å². The third kappa shape index (κ3) is 4.10. The van der Waals surface area contributed by atoms with Gasteiger partial charge in [0.2, 0.25) is 5.95 Å². The Morgan fingerprint density at radius 2 is 2.00 bits per heavy atom. The number of ether oxygens (including phenoxy) is 1. The molecule has 0 aliphatic carbocycles. The van der Waals surface area contributed by atoms with Crippen molar-refractivity contribution in [2.45, 2.75) is 19.6 Å². The van der Waals surface area contributed by atoms with E-state index in [0.717, 1.165) is 47.1 Å². The van der Waals surface area contributed by atoms with E-state index in [2.05, 4.69) is 26.3 Å². The van der Waals surface area contributed by atoms with Crippen LogP contribution in [0.15, 0.2) is 35.3 Å². The minimum atomic E-state index is -0.315. The summed E-state index contributed by atoms with van der Waals surface area (Å²) in [5, 5.41) is 9.84. The molecule has 10 heteroatoms. The fourth-order valence-corrected chi connectivity index (χ4v) is 4.34. The van der Waals surface area contributed by atoms with Crippen molar-refractivity contribution in [2.24, 2.45) is 10.7 Å². The summed E-state index contributed by atoms with van der Waals surface area (Å²) in [7, 11) is 1.71. The normalized spacial score (nSPS) is 17.7. The summed E-state index contributed by atoms with van der Waals surface area (Å²) in [5.41, 5.74) is 10.2. The maximum absolute atomic E-state index is 9.84. The Morgan fingerprint density at radius 3 is 2.71 bits per heavy atom. The van der Waals surface area contributed by atoms with E-state index in [1.807, 2.05) is 24.3 Å². The van der Waals surface area contributed by atoms with Gasteiger partial charge < -0.3 is 25.4 Å². The predicted octanol–water partition coefficient (Wildman–Crippen LogP) is 1.53. The van der Waals surface area contributed by atoms with Gasteiger partial charge in [-0.2, -0.15) is 0 Å².